The van der Waals surface area contributed by atoms with Gasteiger partial charge in [0.2, 0.25) is 0 Å². The van der Waals surface area contributed by atoms with Crippen LogP contribution in [-0.4, -0.2) is 12.4 Å². The van der Waals surface area contributed by atoms with Gasteiger partial charge >= 0.3 is 0 Å². The fourth-order valence-electron chi connectivity index (χ4n) is 1.07. The van der Waals surface area contributed by atoms with Crippen molar-refractivity contribution in [3.05, 3.63) is 35.3 Å². The van der Waals surface area contributed by atoms with Gasteiger partial charge in [0, 0.05) is 11.8 Å². The molecule has 1 aliphatic carbocycles. The topological polar surface area (TPSA) is 12.4 Å². The van der Waals surface area contributed by atoms with Gasteiger partial charge in [0.1, 0.15) is 5.83 Å². The Morgan fingerprint density at radius 2 is 2.27 bits per heavy atom. The molecule has 1 atom stereocenters. The van der Waals surface area contributed by atoms with Crippen LogP contribution in [0.15, 0.2) is 40.3 Å². The summed E-state index contributed by atoms with van der Waals surface area (Å²) >= 11 is 0. The van der Waals surface area contributed by atoms with Crippen molar-refractivity contribution >= 4 is 6.21 Å². The van der Waals surface area contributed by atoms with Gasteiger partial charge in [-0.2, -0.15) is 0 Å². The van der Waals surface area contributed by atoms with E-state index in [0.29, 0.717) is 11.3 Å². The van der Waals surface area contributed by atoms with E-state index in [1.54, 1.807) is 6.08 Å². The Balaban J connectivity index is 2.43. The number of rotatable bonds is 0. The molecule has 1 heterocycles. The Bertz CT molecular complexity index is 310. The van der Waals surface area contributed by atoms with Crippen LogP contribution < -0.4 is 0 Å². The van der Waals surface area contributed by atoms with Crippen molar-refractivity contribution in [2.75, 3.05) is 0 Å². The lowest BCUT2D eigenvalue weighted by Crippen LogP contribution is -2.03. The number of halogens is 2. The number of allylic oxidation sites excluding steroid dienone is 4. The minimum atomic E-state index is -1.61. The molecule has 56 valence electrons. The lowest BCUT2D eigenvalue weighted by molar-refractivity contribution is 0.378. The maximum Gasteiger partial charge on any atom is 0.172 e. The second kappa shape index (κ2) is 2.12. The van der Waals surface area contributed by atoms with Crippen molar-refractivity contribution < 1.29 is 8.78 Å². The number of nitrogens with zero attached hydrogens (tertiary/aromatic N) is 1. The van der Waals surface area contributed by atoms with Gasteiger partial charge in [0.25, 0.3) is 0 Å². The van der Waals surface area contributed by atoms with E-state index in [1.807, 2.05) is 0 Å². The summed E-state index contributed by atoms with van der Waals surface area (Å²) in [6, 6.07) is 0. The van der Waals surface area contributed by atoms with Crippen LogP contribution in [0.3, 0.4) is 0 Å². The van der Waals surface area contributed by atoms with E-state index < -0.39 is 12.0 Å². The summed E-state index contributed by atoms with van der Waals surface area (Å²) in [6.07, 6.45) is 3.91. The Morgan fingerprint density at radius 1 is 1.45 bits per heavy atom. The van der Waals surface area contributed by atoms with E-state index >= 15 is 0 Å². The van der Waals surface area contributed by atoms with Gasteiger partial charge < -0.3 is 0 Å². The molecule has 0 fully saturated rings. The summed E-state index contributed by atoms with van der Waals surface area (Å²) in [4.78, 5) is 3.83. The quantitative estimate of drug-likeness (QED) is 0.505. The van der Waals surface area contributed by atoms with Crippen LogP contribution in [-0.2, 0) is 0 Å². The summed E-state index contributed by atoms with van der Waals surface area (Å²) in [5.74, 6) is -0.745. The molecule has 0 unspecified atom stereocenters. The van der Waals surface area contributed by atoms with Crippen molar-refractivity contribution in [2.45, 2.75) is 6.17 Å². The molecule has 1 aliphatic heterocycles. The summed E-state index contributed by atoms with van der Waals surface area (Å²) in [5, 5.41) is 0. The Labute approximate surface area is 62.4 Å². The molecule has 0 amide bonds. The van der Waals surface area contributed by atoms with Gasteiger partial charge in [-0.25, -0.2) is 8.78 Å². The number of aliphatic imine (C=N–C) groups is 1. The molecule has 0 saturated heterocycles. The van der Waals surface area contributed by atoms with E-state index in [2.05, 4.69) is 4.99 Å². The standard InChI is InChI=1S/C8H5F2N/c9-6-3-5-1-2-11-8(5)4-7(6)10/h1-4,7H/t7-/m1/s1. The van der Waals surface area contributed by atoms with Crippen LogP contribution in [0.5, 0.6) is 0 Å². The maximum atomic E-state index is 12.6. The number of alkyl halides is 1. The minimum Gasteiger partial charge on any atom is -0.256 e. The Kier molecular flexibility index (Phi) is 1.24. The number of hydrogen-bond donors (Lipinski definition) is 0. The van der Waals surface area contributed by atoms with Crippen LogP contribution in [0.1, 0.15) is 0 Å². The van der Waals surface area contributed by atoms with Gasteiger partial charge in [-0.3, -0.25) is 4.99 Å². The molecule has 11 heavy (non-hydrogen) atoms. The fraction of sp³-hybridized carbons (Fsp3) is 0.125. The highest BCUT2D eigenvalue weighted by Crippen LogP contribution is 2.28. The predicted molar refractivity (Wildman–Crippen MR) is 38.7 cm³/mol. The average Bonchev–Trinajstić information content (AvgIpc) is 2.36. The normalized spacial score (nSPS) is 27.5. The van der Waals surface area contributed by atoms with Crippen LogP contribution >= 0.6 is 0 Å². The molecule has 0 spiro atoms. The molecule has 2 aliphatic rings. The average molecular weight is 153 g/mol. The molecule has 0 aromatic heterocycles. The third kappa shape index (κ3) is 0.926. The van der Waals surface area contributed by atoms with Crippen LogP contribution in [0.25, 0.3) is 0 Å². The van der Waals surface area contributed by atoms with E-state index in [4.69, 9.17) is 0 Å². The zero-order valence-electron chi connectivity index (χ0n) is 5.59. The SMILES string of the molecule is FC1=CC2=CC=NC2=C[C@H]1F. The molecular formula is C8H5F2N. The van der Waals surface area contributed by atoms with Gasteiger partial charge in [-0.15, -0.1) is 0 Å². The van der Waals surface area contributed by atoms with Crippen molar-refractivity contribution in [1.29, 1.82) is 0 Å². The molecule has 0 aromatic carbocycles. The molecule has 3 heteroatoms. The molecule has 0 saturated carbocycles. The zero-order valence-corrected chi connectivity index (χ0v) is 5.59. The monoisotopic (exact) mass is 153 g/mol. The molecule has 1 nitrogen and oxygen atoms in total. The molecule has 0 radical (unpaired) electrons. The minimum absolute atomic E-state index is 0.527. The zero-order chi connectivity index (χ0) is 7.84. The summed E-state index contributed by atoms with van der Waals surface area (Å²) in [6.45, 7) is 0. The third-order valence-electron chi connectivity index (χ3n) is 1.62. The molecule has 0 bridgehead atoms. The first-order valence-electron chi connectivity index (χ1n) is 3.25. The van der Waals surface area contributed by atoms with Gasteiger partial charge in [-0.1, -0.05) is 0 Å². The first-order valence-corrected chi connectivity index (χ1v) is 3.25. The smallest absolute Gasteiger partial charge is 0.172 e. The van der Waals surface area contributed by atoms with E-state index in [0.717, 1.165) is 0 Å². The highest BCUT2D eigenvalue weighted by Gasteiger charge is 2.20. The summed E-state index contributed by atoms with van der Waals surface area (Å²) in [7, 11) is 0. The van der Waals surface area contributed by atoms with Crippen LogP contribution in [0, 0.1) is 0 Å². The van der Waals surface area contributed by atoms with Crippen LogP contribution in [0.4, 0.5) is 8.78 Å². The second-order valence-electron chi connectivity index (χ2n) is 2.38. The lowest BCUT2D eigenvalue weighted by Gasteiger charge is -2.08. The predicted octanol–water partition coefficient (Wildman–Crippen LogP) is 2.09. The molecule has 0 aromatic rings. The first kappa shape index (κ1) is 6.46. The molecule has 2 rings (SSSR count). The number of hydrogen-bond acceptors (Lipinski definition) is 1. The highest BCUT2D eigenvalue weighted by molar-refractivity contribution is 5.81. The van der Waals surface area contributed by atoms with Crippen molar-refractivity contribution in [1.82, 2.24) is 0 Å². The second-order valence-corrected chi connectivity index (χ2v) is 2.38. The van der Waals surface area contributed by atoms with Crippen molar-refractivity contribution in [3.8, 4) is 0 Å². The van der Waals surface area contributed by atoms with Gasteiger partial charge in [0.15, 0.2) is 6.17 Å². The van der Waals surface area contributed by atoms with Crippen LogP contribution in [0.2, 0.25) is 0 Å². The largest absolute Gasteiger partial charge is 0.256 e. The van der Waals surface area contributed by atoms with Crippen molar-refractivity contribution in [3.63, 3.8) is 0 Å². The maximum absolute atomic E-state index is 12.6. The Morgan fingerprint density at radius 3 is 3.09 bits per heavy atom. The van der Waals surface area contributed by atoms with E-state index in [1.165, 1.54) is 18.4 Å². The van der Waals surface area contributed by atoms with Crippen molar-refractivity contribution in [2.24, 2.45) is 4.99 Å². The summed E-state index contributed by atoms with van der Waals surface area (Å²) < 4.78 is 25.2. The number of fused-ring (bicyclic) bond motifs is 1. The molecular weight excluding hydrogens is 148 g/mol. The fourth-order valence-corrected chi connectivity index (χ4v) is 1.07. The van der Waals surface area contributed by atoms with Gasteiger partial charge in [0.05, 0.1) is 5.70 Å². The third-order valence-corrected chi connectivity index (χ3v) is 1.62. The lowest BCUT2D eigenvalue weighted by atomic mass is 10.1. The first-order chi connectivity index (χ1) is 5.27. The van der Waals surface area contributed by atoms with Gasteiger partial charge in [-0.05, 0) is 18.2 Å². The summed E-state index contributed by atoms with van der Waals surface area (Å²) in [5.41, 5.74) is 1.18. The Hall–Kier alpha value is -1.25. The molecule has 0 N–H and O–H groups in total. The van der Waals surface area contributed by atoms with E-state index in [9.17, 15) is 8.78 Å². The van der Waals surface area contributed by atoms with E-state index in [-0.39, 0.29) is 0 Å². The highest BCUT2D eigenvalue weighted by atomic mass is 19.2.